The van der Waals surface area contributed by atoms with E-state index in [1.165, 1.54) is 12.3 Å². The molecule has 2 aromatic carbocycles. The van der Waals surface area contributed by atoms with Crippen LogP contribution in [0.15, 0.2) is 67.1 Å². The van der Waals surface area contributed by atoms with Gasteiger partial charge in [-0.25, -0.2) is 22.2 Å². The van der Waals surface area contributed by atoms with Crippen LogP contribution < -0.4 is 9.80 Å². The summed E-state index contributed by atoms with van der Waals surface area (Å²) in [6.07, 6.45) is -4.86. The molecule has 16 heteroatoms. The lowest BCUT2D eigenvalue weighted by Crippen LogP contribution is -2.76. The fourth-order valence-electron chi connectivity index (χ4n) is 7.89. The number of halogens is 7. The first-order chi connectivity index (χ1) is 23.1. The highest BCUT2D eigenvalue weighted by Gasteiger charge is 2.82. The van der Waals surface area contributed by atoms with Gasteiger partial charge in [-0.05, 0) is 77.1 Å². The highest BCUT2D eigenvalue weighted by molar-refractivity contribution is 5.54. The minimum absolute atomic E-state index is 0.0417. The van der Waals surface area contributed by atoms with Crippen molar-refractivity contribution in [2.75, 3.05) is 36.0 Å². The van der Waals surface area contributed by atoms with Gasteiger partial charge in [0.1, 0.15) is 24.1 Å². The van der Waals surface area contributed by atoms with Crippen LogP contribution in [0.25, 0.3) is 0 Å². The Labute approximate surface area is 276 Å². The highest BCUT2D eigenvalue weighted by atomic mass is 19.4. The van der Waals surface area contributed by atoms with Crippen LogP contribution in [0.5, 0.6) is 0 Å². The zero-order valence-electron chi connectivity index (χ0n) is 26.0. The number of rotatable bonds is 10. The van der Waals surface area contributed by atoms with E-state index in [-0.39, 0.29) is 25.0 Å². The second kappa shape index (κ2) is 11.6. The third-order valence-corrected chi connectivity index (χ3v) is 10.4. The average molecular weight is 692 g/mol. The van der Waals surface area contributed by atoms with Gasteiger partial charge < -0.3 is 20.0 Å². The number of alkyl halides is 5. The summed E-state index contributed by atoms with van der Waals surface area (Å²) < 4.78 is 100. The number of benzene rings is 2. The number of nitrogens with zero attached hydrogens (tertiary/aromatic N) is 7. The Kier molecular flexibility index (Phi) is 7.89. The minimum atomic E-state index is -4.50. The molecule has 2 N–H and O–H groups in total. The van der Waals surface area contributed by atoms with Gasteiger partial charge in [0.15, 0.2) is 5.60 Å². The normalized spacial score (nSPS) is 24.2. The van der Waals surface area contributed by atoms with Gasteiger partial charge in [-0.1, -0.05) is 12.1 Å². The second-order valence-electron chi connectivity index (χ2n) is 13.5. The smallest absolute Gasteiger partial charge is 0.386 e. The van der Waals surface area contributed by atoms with Gasteiger partial charge in [0.25, 0.3) is 5.92 Å². The van der Waals surface area contributed by atoms with Crippen molar-refractivity contribution in [2.24, 2.45) is 5.41 Å². The van der Waals surface area contributed by atoms with Crippen molar-refractivity contribution in [1.29, 1.82) is 0 Å². The van der Waals surface area contributed by atoms with E-state index in [0.717, 1.165) is 40.1 Å². The van der Waals surface area contributed by atoms with Gasteiger partial charge in [-0.3, -0.25) is 4.98 Å². The number of anilines is 2. The second-order valence-corrected chi connectivity index (χ2v) is 13.5. The lowest BCUT2D eigenvalue weighted by Gasteiger charge is -2.74. The van der Waals surface area contributed by atoms with Crippen LogP contribution in [-0.4, -0.2) is 73.7 Å². The summed E-state index contributed by atoms with van der Waals surface area (Å²) in [6, 6.07) is 12.9. The van der Waals surface area contributed by atoms with Crippen molar-refractivity contribution < 1.29 is 40.9 Å². The Hall–Kier alpha value is -4.31. The number of piperazine rings is 1. The first-order valence-corrected chi connectivity index (χ1v) is 15.7. The van der Waals surface area contributed by atoms with Crippen LogP contribution in [0.1, 0.15) is 48.6 Å². The van der Waals surface area contributed by atoms with Crippen LogP contribution in [0.3, 0.4) is 0 Å². The number of hydrogen-bond donors (Lipinski definition) is 2. The first kappa shape index (κ1) is 33.2. The van der Waals surface area contributed by atoms with Gasteiger partial charge in [0, 0.05) is 48.9 Å². The summed E-state index contributed by atoms with van der Waals surface area (Å²) >= 11 is 0. The molecule has 4 fully saturated rings. The van der Waals surface area contributed by atoms with Gasteiger partial charge in [-0.2, -0.15) is 13.2 Å². The van der Waals surface area contributed by atoms with E-state index in [9.17, 15) is 32.2 Å². The monoisotopic (exact) mass is 691 g/mol. The van der Waals surface area contributed by atoms with Crippen molar-refractivity contribution in [3.8, 4) is 0 Å². The number of aromatic nitrogens is 5. The maximum Gasteiger partial charge on any atom is 0.391 e. The van der Waals surface area contributed by atoms with Crippen molar-refractivity contribution in [3.63, 3.8) is 0 Å². The molecular formula is C33H32F7N7O2. The molecule has 8 rings (SSSR count). The molecule has 1 saturated heterocycles. The Morgan fingerprint density at radius 1 is 0.837 bits per heavy atom. The van der Waals surface area contributed by atoms with Gasteiger partial charge in [0.2, 0.25) is 0 Å². The van der Waals surface area contributed by atoms with Crippen LogP contribution in [-0.2, 0) is 17.6 Å². The predicted molar refractivity (Wildman–Crippen MR) is 162 cm³/mol. The lowest BCUT2D eigenvalue weighted by molar-refractivity contribution is -0.347. The van der Waals surface area contributed by atoms with E-state index in [0.29, 0.717) is 32.2 Å². The molecule has 2 aromatic heterocycles. The molecule has 2 atom stereocenters. The number of hydrogen-bond acceptors (Lipinski definition) is 8. The Morgan fingerprint density at radius 3 is 2.02 bits per heavy atom. The van der Waals surface area contributed by atoms with E-state index in [1.54, 1.807) is 6.07 Å². The number of aliphatic hydroxyl groups excluding tert-OH is 1. The largest absolute Gasteiger partial charge is 0.391 e. The first-order valence-electron chi connectivity index (χ1n) is 15.7. The zero-order chi connectivity index (χ0) is 34.8. The molecule has 0 radical (unpaired) electrons. The summed E-state index contributed by atoms with van der Waals surface area (Å²) in [5.74, 6) is -6.06. The number of aliphatic hydroxyl groups is 2. The quantitative estimate of drug-likeness (QED) is 0.216. The summed E-state index contributed by atoms with van der Waals surface area (Å²) in [5, 5.41) is 31.9. The number of pyridine rings is 1. The van der Waals surface area contributed by atoms with E-state index < -0.39 is 64.8 Å². The molecule has 3 aliphatic carbocycles. The lowest BCUT2D eigenvalue weighted by atomic mass is 9.30. The van der Waals surface area contributed by atoms with E-state index in [2.05, 4.69) is 30.3 Å². The SMILES string of the molecule is OC(CC(F)(F)F)c1ccc(N2CCN(c3ccc(C45CC(C(F)(F)C(O)(Cn6cnnn6)c6ccc(F)cc6F)(C4)C5)cc3)CC2)cn1. The molecular weight excluding hydrogens is 659 g/mol. The van der Waals surface area contributed by atoms with E-state index in [4.69, 9.17) is 0 Å². The van der Waals surface area contributed by atoms with Crippen molar-refractivity contribution >= 4 is 11.4 Å². The Bertz CT molecular complexity index is 1780. The fraction of sp³-hybridized carbons (Fsp3) is 0.455. The molecule has 0 amide bonds. The predicted octanol–water partition coefficient (Wildman–Crippen LogP) is 5.30. The Balaban J connectivity index is 0.994. The molecule has 3 heterocycles. The van der Waals surface area contributed by atoms with Crippen LogP contribution in [0.2, 0.25) is 0 Å². The molecule has 9 nitrogen and oxygen atoms in total. The molecule has 0 spiro atoms. The molecule has 4 aromatic rings. The molecule has 3 saturated carbocycles. The zero-order valence-corrected chi connectivity index (χ0v) is 26.0. The topological polar surface area (TPSA) is 103 Å². The summed E-state index contributed by atoms with van der Waals surface area (Å²) in [4.78, 5) is 8.26. The van der Waals surface area contributed by atoms with E-state index >= 15 is 8.78 Å². The third kappa shape index (κ3) is 5.67. The summed E-state index contributed by atoms with van der Waals surface area (Å²) in [7, 11) is 0. The minimum Gasteiger partial charge on any atom is -0.386 e. The average Bonchev–Trinajstić information content (AvgIpc) is 3.52. The van der Waals surface area contributed by atoms with Gasteiger partial charge in [-0.15, -0.1) is 5.10 Å². The molecule has 2 unspecified atom stereocenters. The van der Waals surface area contributed by atoms with E-state index in [1.807, 2.05) is 24.3 Å². The maximum absolute atomic E-state index is 16.5. The molecule has 4 aliphatic rings. The van der Waals surface area contributed by atoms with Crippen molar-refractivity contribution in [1.82, 2.24) is 25.2 Å². The van der Waals surface area contributed by atoms with Crippen LogP contribution in [0, 0.1) is 17.0 Å². The summed E-state index contributed by atoms with van der Waals surface area (Å²) in [5.41, 5.74) is -3.36. The van der Waals surface area contributed by atoms with Crippen LogP contribution >= 0.6 is 0 Å². The maximum atomic E-state index is 16.5. The molecule has 2 bridgehead atoms. The molecule has 1 aliphatic heterocycles. The van der Waals surface area contributed by atoms with Crippen molar-refractivity contribution in [3.05, 3.63) is 95.6 Å². The van der Waals surface area contributed by atoms with Crippen molar-refractivity contribution in [2.45, 2.75) is 61.4 Å². The fourth-order valence-corrected chi connectivity index (χ4v) is 7.89. The third-order valence-electron chi connectivity index (χ3n) is 10.4. The number of tetrazole rings is 1. The molecule has 49 heavy (non-hydrogen) atoms. The van der Waals surface area contributed by atoms with Gasteiger partial charge >= 0.3 is 6.18 Å². The standard InChI is InChI=1S/C33H32F7N7O2/c34-22-3-7-25(26(35)13-22)31(49,19-47-20-42-43-44-47)33(39,40)30-16-29(17-30,18-30)21-1-4-23(5-2-21)45-9-11-46(12-10-45)24-6-8-27(41-15-24)28(48)14-32(36,37)38/h1-8,13,15,20,28,48-49H,9-12,14,16-19H2. The molecule has 260 valence electrons. The summed E-state index contributed by atoms with van der Waals surface area (Å²) in [6.45, 7) is 1.71. The Morgan fingerprint density at radius 2 is 1.47 bits per heavy atom. The van der Waals surface area contributed by atoms with Crippen LogP contribution in [0.4, 0.5) is 42.1 Å². The highest BCUT2D eigenvalue weighted by Crippen LogP contribution is 2.80. The van der Waals surface area contributed by atoms with Gasteiger partial charge in [0.05, 0.1) is 30.5 Å².